The monoisotopic (exact) mass is 906 g/mol. The zero-order valence-corrected chi connectivity index (χ0v) is 36.0. The first-order valence-corrected chi connectivity index (χ1v) is 21.7. The summed E-state index contributed by atoms with van der Waals surface area (Å²) in [6.07, 6.45) is 2.56. The first-order chi connectivity index (χ1) is 29.7. The number of fused-ring (bicyclic) bond motifs is 2. The molecule has 6 aromatic rings. The van der Waals surface area contributed by atoms with Gasteiger partial charge in [-0.3, -0.25) is 4.79 Å². The van der Waals surface area contributed by atoms with E-state index in [0.717, 1.165) is 4.31 Å². The first-order valence-electron chi connectivity index (χ1n) is 18.9. The molecule has 23 heteroatoms. The van der Waals surface area contributed by atoms with Crippen LogP contribution in [0.5, 0.6) is 0 Å². The number of halogens is 2. The molecule has 0 radical (unpaired) electrons. The Balaban J connectivity index is 0.000000177. The van der Waals surface area contributed by atoms with Gasteiger partial charge in [0.1, 0.15) is 34.3 Å². The fourth-order valence-electron chi connectivity index (χ4n) is 6.34. The molecule has 4 aromatic heterocycles. The van der Waals surface area contributed by atoms with E-state index in [4.69, 9.17) is 22.3 Å². The van der Waals surface area contributed by atoms with E-state index in [1.165, 1.54) is 77.8 Å². The fourth-order valence-corrected chi connectivity index (χ4v) is 8.76. The topological polar surface area (TPSA) is 277 Å². The van der Waals surface area contributed by atoms with Gasteiger partial charge in [0.15, 0.2) is 0 Å². The van der Waals surface area contributed by atoms with Gasteiger partial charge in [-0.25, -0.2) is 33.5 Å². The van der Waals surface area contributed by atoms with Gasteiger partial charge in [-0.2, -0.15) is 34.1 Å². The molecule has 0 unspecified atom stereocenters. The van der Waals surface area contributed by atoms with Gasteiger partial charge < -0.3 is 27.6 Å². The molecule has 0 atom stereocenters. The Morgan fingerprint density at radius 2 is 1.13 bits per heavy atom. The summed E-state index contributed by atoms with van der Waals surface area (Å²) in [7, 11) is -0.745. The second-order valence-corrected chi connectivity index (χ2v) is 19.1. The largest absolute Gasteiger partial charge is 0.478 e. The van der Waals surface area contributed by atoms with Gasteiger partial charge in [0.05, 0.1) is 28.6 Å². The van der Waals surface area contributed by atoms with E-state index in [2.05, 4.69) is 25.3 Å². The number of nitrogens with one attached hydrogen (secondary N) is 1. The summed E-state index contributed by atoms with van der Waals surface area (Å²) in [5, 5.41) is 12.9. The van der Waals surface area contributed by atoms with Gasteiger partial charge in [-0.05, 0) is 48.5 Å². The molecule has 8 rings (SSSR count). The van der Waals surface area contributed by atoms with Crippen molar-refractivity contribution < 1.29 is 40.3 Å². The Hall–Kier alpha value is -6.34. The number of hydrogen-bond acceptors (Lipinski definition) is 13. The molecule has 2 aliphatic heterocycles. The highest BCUT2D eigenvalue weighted by Crippen LogP contribution is 2.28. The third kappa shape index (κ3) is 10.1. The Bertz CT molecular complexity index is 2930. The van der Waals surface area contributed by atoms with E-state index in [1.54, 1.807) is 48.5 Å². The molecule has 2 fully saturated rings. The molecule has 63 heavy (non-hydrogen) atoms. The van der Waals surface area contributed by atoms with Crippen LogP contribution < -0.4 is 22.5 Å². The molecule has 1 amide bonds. The first kappa shape index (κ1) is 46.2. The van der Waals surface area contributed by atoms with Crippen LogP contribution in [0.15, 0.2) is 85.2 Å². The minimum atomic E-state index is -3.50. The Kier molecular flexibility index (Phi) is 13.6. The lowest BCUT2D eigenvalue weighted by Crippen LogP contribution is -2.62. The smallest absolute Gasteiger partial charge is 0.337 e. The van der Waals surface area contributed by atoms with Crippen LogP contribution in [0.3, 0.4) is 0 Å². The van der Waals surface area contributed by atoms with Gasteiger partial charge in [0.2, 0.25) is 0 Å². The van der Waals surface area contributed by atoms with Gasteiger partial charge in [0.25, 0.3) is 26.3 Å². The Morgan fingerprint density at radius 1 is 0.698 bits per heavy atom. The lowest BCUT2D eigenvalue weighted by Gasteiger charge is -2.39. The summed E-state index contributed by atoms with van der Waals surface area (Å²) in [6, 6.07) is 18.3. The van der Waals surface area contributed by atoms with Crippen LogP contribution in [0.25, 0.3) is 44.3 Å². The second-order valence-electron chi connectivity index (χ2n) is 14.8. The van der Waals surface area contributed by atoms with Crippen LogP contribution in [0, 0.1) is 11.6 Å². The highest BCUT2D eigenvalue weighted by atomic mass is 32.2. The van der Waals surface area contributed by atoms with Crippen molar-refractivity contribution in [3.63, 3.8) is 0 Å². The van der Waals surface area contributed by atoms with E-state index >= 15 is 0 Å². The molecule has 8 N–H and O–H groups in total. The fraction of sp³-hybridized carbons (Fsp3) is 0.250. The normalized spacial score (nSPS) is 14.9. The lowest BCUT2D eigenvalue weighted by atomic mass is 10.1. The number of nitrogen functional groups attached to an aromatic ring is 2. The minimum Gasteiger partial charge on any atom is -0.478 e. The number of benzene rings is 2. The van der Waals surface area contributed by atoms with Crippen LogP contribution >= 0.6 is 0 Å². The number of nitrogens with two attached hydrogens (primary N) is 3. The van der Waals surface area contributed by atoms with Crippen LogP contribution in [-0.2, 0) is 20.4 Å². The second kappa shape index (κ2) is 18.6. The predicted molar refractivity (Wildman–Crippen MR) is 233 cm³/mol. The average Bonchev–Trinajstić information content (AvgIpc) is 3.21. The number of hydrogen-bond donors (Lipinski definition) is 5. The number of carboxylic acids is 1. The number of aromatic carboxylic acids is 1. The molecule has 2 aliphatic rings. The third-order valence-corrected chi connectivity index (χ3v) is 13.6. The van der Waals surface area contributed by atoms with Crippen LogP contribution in [0.1, 0.15) is 20.7 Å². The number of carbonyl (C=O) groups excluding carboxylic acids is 1. The van der Waals surface area contributed by atoms with Gasteiger partial charge in [-0.15, -0.1) is 0 Å². The maximum atomic E-state index is 13.6. The number of carbonyl (C=O) groups is 2. The quantitative estimate of drug-likeness (QED) is 0.139. The zero-order chi connectivity index (χ0) is 46.0. The van der Waals surface area contributed by atoms with E-state index in [-0.39, 0.29) is 65.1 Å². The van der Waals surface area contributed by atoms with E-state index < -0.39 is 32.3 Å². The number of amides is 1. The summed E-state index contributed by atoms with van der Waals surface area (Å²) in [4.78, 5) is 40.7. The number of nitrogens with zero attached hydrogens (tertiary/aromatic N) is 8. The molecule has 0 aliphatic carbocycles. The lowest BCUT2D eigenvalue weighted by molar-refractivity contribution is 0.0698. The maximum absolute atomic E-state index is 13.6. The molecule has 2 aromatic carbocycles. The van der Waals surface area contributed by atoms with Crippen molar-refractivity contribution in [3.05, 3.63) is 108 Å². The molecule has 332 valence electrons. The van der Waals surface area contributed by atoms with E-state index in [9.17, 15) is 35.2 Å². The molecule has 0 saturated carbocycles. The predicted octanol–water partition coefficient (Wildman–Crippen LogP) is 2.39. The summed E-state index contributed by atoms with van der Waals surface area (Å²) in [5.41, 5.74) is 20.3. The molecular weight excluding hydrogens is 863 g/mol. The molecule has 6 heterocycles. The molecule has 0 spiro atoms. The Morgan fingerprint density at radius 3 is 1.54 bits per heavy atom. The molecule has 0 bridgehead atoms. The van der Waals surface area contributed by atoms with Crippen molar-refractivity contribution >= 4 is 65.7 Å². The standard InChI is InChI=1S/C20H21FN6O3S.C15H10FN3O2.C5H13N3O2S/c1-26(2)31(29,30)27-10-14(11-27)24-20(28)16-9-23-19(22)18-15(16)6-7-17(25-18)12-4-3-5-13(21)8-12;16-9-3-1-2-8(6-9)12-5-4-10-11(15(20)21)7-18-14(17)13(10)19-12;1-7(2)11(9,10)8-3-5(6)4-8/h3-9,14H,10-11H2,1-2H3,(H2,22,23)(H,24,28);1-7H,(H2,17,18)(H,20,21);5H,3-4,6H2,1-2H3. The summed E-state index contributed by atoms with van der Waals surface area (Å²) in [5.74, 6) is -1.98. The summed E-state index contributed by atoms with van der Waals surface area (Å²) in [6.45, 7) is 1.27. The van der Waals surface area contributed by atoms with Crippen molar-refractivity contribution in [2.24, 2.45) is 5.73 Å². The van der Waals surface area contributed by atoms with Crippen molar-refractivity contribution in [1.82, 2.24) is 42.5 Å². The van der Waals surface area contributed by atoms with Crippen molar-refractivity contribution in [2.45, 2.75) is 12.1 Å². The molecule has 19 nitrogen and oxygen atoms in total. The highest BCUT2D eigenvalue weighted by molar-refractivity contribution is 7.87. The Labute approximate surface area is 361 Å². The number of rotatable bonds is 9. The van der Waals surface area contributed by atoms with Gasteiger partial charge >= 0.3 is 5.97 Å². The van der Waals surface area contributed by atoms with Crippen LogP contribution in [0.2, 0.25) is 0 Å². The van der Waals surface area contributed by atoms with Gasteiger partial charge in [-0.1, -0.05) is 24.3 Å². The molecular formula is C40H44F2N12O7S2. The zero-order valence-electron chi connectivity index (χ0n) is 34.3. The minimum absolute atomic E-state index is 0.0183. The van der Waals surface area contributed by atoms with Crippen molar-refractivity contribution in [2.75, 3.05) is 65.8 Å². The molecule has 2 saturated heterocycles. The van der Waals surface area contributed by atoms with E-state index in [0.29, 0.717) is 51.9 Å². The highest BCUT2D eigenvalue weighted by Gasteiger charge is 2.38. The summed E-state index contributed by atoms with van der Waals surface area (Å²) >= 11 is 0. The number of anilines is 2. The van der Waals surface area contributed by atoms with Gasteiger partial charge in [0, 0.05) is 94.7 Å². The van der Waals surface area contributed by atoms with Crippen molar-refractivity contribution in [3.8, 4) is 22.5 Å². The SMILES string of the molecule is CN(C)S(=O)(=O)N1CC(N)C1.CN(C)S(=O)(=O)N1CC(NC(=O)c2cnc(N)c3nc(-c4cccc(F)c4)ccc23)C1.Nc1ncc(C(=O)O)c2ccc(-c3cccc(F)c3)nc12. The van der Waals surface area contributed by atoms with Crippen LogP contribution in [0.4, 0.5) is 20.4 Å². The number of aromatic nitrogens is 4. The van der Waals surface area contributed by atoms with Crippen molar-refractivity contribution in [1.29, 1.82) is 0 Å². The average molecular weight is 907 g/mol. The third-order valence-electron chi connectivity index (χ3n) is 9.87. The van der Waals surface area contributed by atoms with Crippen LogP contribution in [-0.4, -0.2) is 137 Å². The maximum Gasteiger partial charge on any atom is 0.337 e. The van der Waals surface area contributed by atoms with E-state index in [1.807, 2.05) is 0 Å². The number of pyridine rings is 4. The number of carboxylic acid groups (broad SMARTS) is 1. The summed E-state index contributed by atoms with van der Waals surface area (Å²) < 4.78 is 78.5.